The van der Waals surface area contributed by atoms with Crippen LogP contribution in [-0.4, -0.2) is 38.9 Å². The second-order valence-corrected chi connectivity index (χ2v) is 7.14. The maximum absolute atomic E-state index is 11.9. The van der Waals surface area contributed by atoms with Crippen LogP contribution in [0.4, 0.5) is 0 Å². The van der Waals surface area contributed by atoms with E-state index >= 15 is 0 Å². The van der Waals surface area contributed by atoms with Gasteiger partial charge < -0.3 is 9.30 Å². The zero-order chi connectivity index (χ0) is 18.5. The Labute approximate surface area is 159 Å². The molecule has 1 aromatic heterocycles. The Kier molecular flexibility index (Phi) is 6.00. The van der Waals surface area contributed by atoms with Crippen LogP contribution in [0.1, 0.15) is 24.7 Å². The first-order valence-electron chi connectivity index (χ1n) is 8.03. The van der Waals surface area contributed by atoms with Crippen LogP contribution in [0.3, 0.4) is 0 Å². The summed E-state index contributed by atoms with van der Waals surface area (Å²) < 4.78 is 7.34. The van der Waals surface area contributed by atoms with Gasteiger partial charge in [-0.15, -0.1) is 10.2 Å². The van der Waals surface area contributed by atoms with E-state index < -0.39 is 5.91 Å². The number of aryl methyl sites for hydroxylation is 1. The number of ether oxygens (including phenoxy) is 1. The number of carbonyl (C=O) groups excluding carboxylic acids is 2. The minimum Gasteiger partial charge on any atom is -0.484 e. The quantitative estimate of drug-likeness (QED) is 0.548. The van der Waals surface area contributed by atoms with Crippen molar-refractivity contribution in [3.05, 3.63) is 35.1 Å². The number of hydrogen-bond donors (Lipinski definition) is 2. The third kappa shape index (κ3) is 5.12. The number of carbonyl (C=O) groups is 2. The Morgan fingerprint density at radius 2 is 1.92 bits per heavy atom. The highest BCUT2D eigenvalue weighted by atomic mass is 35.5. The monoisotopic (exact) mass is 395 g/mol. The normalized spacial score (nSPS) is 13.3. The molecular weight excluding hydrogens is 378 g/mol. The molecule has 0 spiro atoms. The molecule has 0 unspecified atom stereocenters. The molecule has 138 valence electrons. The van der Waals surface area contributed by atoms with Crippen molar-refractivity contribution in [1.29, 1.82) is 0 Å². The SMILES string of the molecule is Cc1nnc(SCC(=O)NNC(=O)COc2ccc(Cl)cc2)n1C1CC1. The van der Waals surface area contributed by atoms with Crippen molar-refractivity contribution in [2.24, 2.45) is 0 Å². The van der Waals surface area contributed by atoms with Gasteiger partial charge in [0.2, 0.25) is 5.91 Å². The molecule has 1 heterocycles. The van der Waals surface area contributed by atoms with Gasteiger partial charge in [0.25, 0.3) is 5.91 Å². The number of hydrazine groups is 1. The fourth-order valence-electron chi connectivity index (χ4n) is 2.22. The molecule has 1 saturated carbocycles. The minimum absolute atomic E-state index is 0.128. The molecule has 1 aromatic carbocycles. The van der Waals surface area contributed by atoms with E-state index in [1.165, 1.54) is 11.8 Å². The average molecular weight is 396 g/mol. The number of amides is 2. The minimum atomic E-state index is -0.463. The van der Waals surface area contributed by atoms with Crippen molar-refractivity contribution in [1.82, 2.24) is 25.6 Å². The van der Waals surface area contributed by atoms with Crippen LogP contribution in [0.5, 0.6) is 5.75 Å². The Bertz CT molecular complexity index is 792. The van der Waals surface area contributed by atoms with Crippen LogP contribution < -0.4 is 15.6 Å². The Morgan fingerprint density at radius 3 is 2.62 bits per heavy atom. The van der Waals surface area contributed by atoms with Gasteiger partial charge in [-0.25, -0.2) is 0 Å². The zero-order valence-corrected chi connectivity index (χ0v) is 15.6. The highest BCUT2D eigenvalue weighted by molar-refractivity contribution is 7.99. The zero-order valence-electron chi connectivity index (χ0n) is 14.1. The average Bonchev–Trinajstić information content (AvgIpc) is 3.40. The summed E-state index contributed by atoms with van der Waals surface area (Å²) in [4.78, 5) is 23.6. The van der Waals surface area contributed by atoms with Gasteiger partial charge in [0.15, 0.2) is 11.8 Å². The van der Waals surface area contributed by atoms with Crippen LogP contribution in [0.2, 0.25) is 5.02 Å². The number of thioether (sulfide) groups is 1. The maximum Gasteiger partial charge on any atom is 0.276 e. The van der Waals surface area contributed by atoms with Crippen LogP contribution in [0.25, 0.3) is 0 Å². The summed E-state index contributed by atoms with van der Waals surface area (Å²) in [6, 6.07) is 7.08. The molecule has 1 fully saturated rings. The van der Waals surface area contributed by atoms with E-state index in [2.05, 4.69) is 25.6 Å². The lowest BCUT2D eigenvalue weighted by Crippen LogP contribution is -2.44. The number of aromatic nitrogens is 3. The van der Waals surface area contributed by atoms with Gasteiger partial charge in [-0.1, -0.05) is 23.4 Å². The third-order valence-electron chi connectivity index (χ3n) is 3.60. The Hall–Kier alpha value is -2.26. The van der Waals surface area contributed by atoms with Gasteiger partial charge in [0, 0.05) is 11.1 Å². The molecule has 0 aliphatic heterocycles. The van der Waals surface area contributed by atoms with Gasteiger partial charge in [0.1, 0.15) is 11.6 Å². The molecule has 0 saturated heterocycles. The first-order valence-corrected chi connectivity index (χ1v) is 9.39. The molecular formula is C16H18ClN5O3S. The molecule has 1 aliphatic carbocycles. The molecule has 2 N–H and O–H groups in total. The summed E-state index contributed by atoms with van der Waals surface area (Å²) >= 11 is 7.06. The van der Waals surface area contributed by atoms with Gasteiger partial charge >= 0.3 is 0 Å². The van der Waals surface area contributed by atoms with Crippen molar-refractivity contribution in [2.75, 3.05) is 12.4 Å². The van der Waals surface area contributed by atoms with Gasteiger partial charge in [-0.05, 0) is 44.0 Å². The van der Waals surface area contributed by atoms with Crippen molar-refractivity contribution in [3.63, 3.8) is 0 Å². The lowest BCUT2D eigenvalue weighted by molar-refractivity contribution is -0.128. The highest BCUT2D eigenvalue weighted by Crippen LogP contribution is 2.38. The van der Waals surface area contributed by atoms with E-state index in [4.69, 9.17) is 16.3 Å². The first kappa shape index (κ1) is 18.5. The number of nitrogens with zero attached hydrogens (tertiary/aromatic N) is 3. The predicted octanol–water partition coefficient (Wildman–Crippen LogP) is 1.89. The van der Waals surface area contributed by atoms with E-state index in [-0.39, 0.29) is 18.3 Å². The topological polar surface area (TPSA) is 98.1 Å². The Balaban J connectivity index is 1.37. The number of nitrogens with one attached hydrogen (secondary N) is 2. The van der Waals surface area contributed by atoms with E-state index in [9.17, 15) is 9.59 Å². The van der Waals surface area contributed by atoms with E-state index in [0.29, 0.717) is 16.8 Å². The molecule has 0 atom stereocenters. The molecule has 2 amide bonds. The molecule has 10 heteroatoms. The van der Waals surface area contributed by atoms with Crippen LogP contribution in [0, 0.1) is 6.92 Å². The molecule has 3 rings (SSSR count). The number of benzene rings is 1. The molecule has 8 nitrogen and oxygen atoms in total. The fourth-order valence-corrected chi connectivity index (χ4v) is 3.20. The summed E-state index contributed by atoms with van der Waals surface area (Å²) in [6.45, 7) is 1.68. The standard InChI is InChI=1S/C16H18ClN5O3S/c1-10-18-21-16(22(10)12-4-5-12)26-9-15(24)20-19-14(23)8-25-13-6-2-11(17)3-7-13/h2-3,6-7,12H,4-5,8-9H2,1H3,(H,19,23)(H,20,24). The van der Waals surface area contributed by atoms with E-state index in [1.54, 1.807) is 24.3 Å². The van der Waals surface area contributed by atoms with Crippen molar-refractivity contribution in [3.8, 4) is 5.75 Å². The van der Waals surface area contributed by atoms with Gasteiger partial charge in [-0.3, -0.25) is 20.4 Å². The predicted molar refractivity (Wildman–Crippen MR) is 97.0 cm³/mol. The largest absolute Gasteiger partial charge is 0.484 e. The smallest absolute Gasteiger partial charge is 0.276 e. The second kappa shape index (κ2) is 8.41. The number of hydrogen-bond acceptors (Lipinski definition) is 6. The number of rotatable bonds is 7. The summed E-state index contributed by atoms with van der Waals surface area (Å²) in [5.74, 6) is 0.695. The van der Waals surface area contributed by atoms with Crippen molar-refractivity contribution >= 4 is 35.2 Å². The lowest BCUT2D eigenvalue weighted by Gasteiger charge is -2.09. The Morgan fingerprint density at radius 1 is 1.23 bits per heavy atom. The molecule has 0 radical (unpaired) electrons. The first-order chi connectivity index (χ1) is 12.5. The van der Waals surface area contributed by atoms with Gasteiger partial charge in [-0.2, -0.15) is 0 Å². The van der Waals surface area contributed by atoms with Crippen molar-refractivity contribution < 1.29 is 14.3 Å². The summed E-state index contributed by atoms with van der Waals surface area (Å²) in [5.41, 5.74) is 4.66. The van der Waals surface area contributed by atoms with Crippen LogP contribution in [-0.2, 0) is 9.59 Å². The molecule has 2 aromatic rings. The van der Waals surface area contributed by atoms with E-state index in [0.717, 1.165) is 23.8 Å². The fraction of sp³-hybridized carbons (Fsp3) is 0.375. The van der Waals surface area contributed by atoms with Crippen molar-refractivity contribution in [2.45, 2.75) is 31.0 Å². The second-order valence-electron chi connectivity index (χ2n) is 5.76. The summed E-state index contributed by atoms with van der Waals surface area (Å²) in [7, 11) is 0. The van der Waals surface area contributed by atoms with Crippen LogP contribution >= 0.6 is 23.4 Å². The maximum atomic E-state index is 11.9. The summed E-state index contributed by atoms with van der Waals surface area (Å²) in [5, 5.41) is 9.45. The highest BCUT2D eigenvalue weighted by Gasteiger charge is 2.28. The molecule has 0 bridgehead atoms. The molecule has 1 aliphatic rings. The summed E-state index contributed by atoms with van der Waals surface area (Å²) in [6.07, 6.45) is 2.23. The molecule has 26 heavy (non-hydrogen) atoms. The van der Waals surface area contributed by atoms with E-state index in [1.807, 2.05) is 6.92 Å². The van der Waals surface area contributed by atoms with Gasteiger partial charge in [0.05, 0.1) is 5.75 Å². The third-order valence-corrected chi connectivity index (χ3v) is 4.80. The lowest BCUT2D eigenvalue weighted by atomic mass is 10.3. The number of halogens is 1. The van der Waals surface area contributed by atoms with Crippen LogP contribution in [0.15, 0.2) is 29.4 Å².